The number of hydrogen-bond donors (Lipinski definition) is 2. The van der Waals surface area contributed by atoms with Crippen LogP contribution in [-0.2, 0) is 0 Å². The van der Waals surface area contributed by atoms with Gasteiger partial charge in [-0.25, -0.2) is 4.39 Å². The molecule has 0 spiro atoms. The van der Waals surface area contributed by atoms with Gasteiger partial charge in [0.05, 0.1) is 0 Å². The second kappa shape index (κ2) is 2.42. The second-order valence-corrected chi connectivity index (χ2v) is 2.13. The van der Waals surface area contributed by atoms with Crippen molar-refractivity contribution in [3.05, 3.63) is 0 Å². The zero-order chi connectivity index (χ0) is 5.98. The molecule has 0 aliphatic carbocycles. The van der Waals surface area contributed by atoms with E-state index in [1.165, 1.54) is 0 Å². The van der Waals surface area contributed by atoms with Crippen molar-refractivity contribution in [2.24, 2.45) is 5.92 Å². The maximum atomic E-state index is 11.9. The number of halogens is 1. The van der Waals surface area contributed by atoms with Crippen LogP contribution in [0.3, 0.4) is 0 Å². The topological polar surface area (TPSA) is 32.3 Å². The Kier molecular flexibility index (Phi) is 1.81. The lowest BCUT2D eigenvalue weighted by molar-refractivity contribution is -0.00415. The molecule has 2 atom stereocenters. The van der Waals surface area contributed by atoms with Crippen LogP contribution < -0.4 is 5.32 Å². The van der Waals surface area contributed by atoms with Gasteiger partial charge < -0.3 is 10.4 Å². The van der Waals surface area contributed by atoms with E-state index >= 15 is 0 Å². The number of aliphatic hydroxyl groups excluding tert-OH is 1. The summed E-state index contributed by atoms with van der Waals surface area (Å²) in [5.74, 6) is -0.157. The molecule has 2 N–H and O–H groups in total. The zero-order valence-corrected chi connectivity index (χ0v) is 4.60. The highest BCUT2D eigenvalue weighted by atomic mass is 19.1. The highest BCUT2D eigenvalue weighted by Crippen LogP contribution is 2.12. The van der Waals surface area contributed by atoms with Crippen LogP contribution in [0, 0.1) is 5.92 Å². The van der Waals surface area contributed by atoms with E-state index in [-0.39, 0.29) is 5.92 Å². The lowest BCUT2D eigenvalue weighted by Crippen LogP contribution is -2.17. The Balaban J connectivity index is 2.24. The summed E-state index contributed by atoms with van der Waals surface area (Å²) in [6.45, 7) is 1.46. The summed E-state index contributed by atoms with van der Waals surface area (Å²) in [5.41, 5.74) is 0. The normalized spacial score (nSPS) is 33.0. The van der Waals surface area contributed by atoms with Crippen molar-refractivity contribution < 1.29 is 9.50 Å². The number of nitrogens with one attached hydrogen (secondary N) is 1. The van der Waals surface area contributed by atoms with E-state index in [0.29, 0.717) is 6.54 Å². The largest absolute Gasteiger partial charge is 0.364 e. The Morgan fingerprint density at radius 1 is 1.75 bits per heavy atom. The number of rotatable bonds is 1. The van der Waals surface area contributed by atoms with Crippen LogP contribution in [0.25, 0.3) is 0 Å². The minimum absolute atomic E-state index is 0.157. The van der Waals surface area contributed by atoms with E-state index in [1.807, 2.05) is 0 Å². The summed E-state index contributed by atoms with van der Waals surface area (Å²) in [6, 6.07) is 0. The minimum Gasteiger partial charge on any atom is -0.364 e. The molecule has 0 radical (unpaired) electrons. The number of hydrogen-bond acceptors (Lipinski definition) is 2. The standard InChI is InChI=1S/C5H10FNO/c6-5(8)4-1-2-7-3-4/h4-5,7-8H,1-3H2. The molecule has 2 nitrogen and oxygen atoms in total. The fraction of sp³-hybridized carbons (Fsp3) is 1.00. The zero-order valence-electron chi connectivity index (χ0n) is 4.60. The van der Waals surface area contributed by atoms with Gasteiger partial charge in [-0.1, -0.05) is 0 Å². The van der Waals surface area contributed by atoms with Gasteiger partial charge in [0, 0.05) is 12.5 Å². The summed E-state index contributed by atoms with van der Waals surface area (Å²) in [7, 11) is 0. The molecule has 8 heavy (non-hydrogen) atoms. The van der Waals surface area contributed by atoms with Crippen LogP contribution in [0.2, 0.25) is 0 Å². The molecular weight excluding hydrogens is 109 g/mol. The summed E-state index contributed by atoms with van der Waals surface area (Å²) in [6.07, 6.45) is -0.859. The highest BCUT2D eigenvalue weighted by Gasteiger charge is 2.21. The summed E-state index contributed by atoms with van der Waals surface area (Å²) < 4.78 is 11.9. The molecule has 1 rings (SSSR count). The Hall–Kier alpha value is -0.150. The molecule has 0 bridgehead atoms. The van der Waals surface area contributed by atoms with Crippen LogP contribution in [-0.4, -0.2) is 24.6 Å². The van der Waals surface area contributed by atoms with Crippen LogP contribution in [0.1, 0.15) is 6.42 Å². The third kappa shape index (κ3) is 1.17. The van der Waals surface area contributed by atoms with Crippen molar-refractivity contribution in [3.63, 3.8) is 0 Å². The van der Waals surface area contributed by atoms with Crippen molar-refractivity contribution in [1.82, 2.24) is 5.32 Å². The molecule has 0 amide bonds. The van der Waals surface area contributed by atoms with E-state index in [2.05, 4.69) is 5.32 Å². The monoisotopic (exact) mass is 119 g/mol. The second-order valence-electron chi connectivity index (χ2n) is 2.13. The molecule has 0 aromatic rings. The van der Waals surface area contributed by atoms with Gasteiger partial charge in [-0.3, -0.25) is 0 Å². The van der Waals surface area contributed by atoms with Gasteiger partial charge in [0.2, 0.25) is 0 Å². The maximum Gasteiger partial charge on any atom is 0.200 e. The SMILES string of the molecule is OC(F)C1CCNC1. The van der Waals surface area contributed by atoms with Crippen molar-refractivity contribution in [3.8, 4) is 0 Å². The van der Waals surface area contributed by atoms with Crippen LogP contribution in [0.4, 0.5) is 4.39 Å². The molecule has 1 heterocycles. The van der Waals surface area contributed by atoms with E-state index in [0.717, 1.165) is 13.0 Å². The Labute approximate surface area is 47.7 Å². The van der Waals surface area contributed by atoms with Crippen LogP contribution in [0.5, 0.6) is 0 Å². The molecule has 1 aliphatic rings. The predicted molar refractivity (Wildman–Crippen MR) is 28.1 cm³/mol. The van der Waals surface area contributed by atoms with Gasteiger partial charge in [-0.15, -0.1) is 0 Å². The first-order valence-electron chi connectivity index (χ1n) is 2.83. The van der Waals surface area contributed by atoms with Gasteiger partial charge in [0.15, 0.2) is 6.36 Å². The van der Waals surface area contributed by atoms with Gasteiger partial charge >= 0.3 is 0 Å². The molecule has 1 aliphatic heterocycles. The van der Waals surface area contributed by atoms with E-state index in [1.54, 1.807) is 0 Å². The van der Waals surface area contributed by atoms with Crippen LogP contribution >= 0.6 is 0 Å². The molecule has 2 unspecified atom stereocenters. The van der Waals surface area contributed by atoms with Crippen molar-refractivity contribution in [2.45, 2.75) is 12.8 Å². The van der Waals surface area contributed by atoms with Crippen LogP contribution in [0.15, 0.2) is 0 Å². The van der Waals surface area contributed by atoms with Gasteiger partial charge in [-0.05, 0) is 13.0 Å². The first kappa shape index (κ1) is 5.98. The molecule has 0 saturated carbocycles. The van der Waals surface area contributed by atoms with Crippen molar-refractivity contribution >= 4 is 0 Å². The number of alkyl halides is 1. The lowest BCUT2D eigenvalue weighted by Gasteiger charge is -2.05. The molecule has 48 valence electrons. The predicted octanol–water partition coefficient (Wildman–Crippen LogP) is -0.116. The Bertz CT molecular complexity index is 70.8. The average molecular weight is 119 g/mol. The molecule has 3 heteroatoms. The average Bonchev–Trinajstić information content (AvgIpc) is 2.12. The van der Waals surface area contributed by atoms with E-state index in [9.17, 15) is 4.39 Å². The molecule has 1 saturated heterocycles. The summed E-state index contributed by atoms with van der Waals surface area (Å²) in [5, 5.41) is 11.3. The highest BCUT2D eigenvalue weighted by molar-refractivity contribution is 4.71. The molecule has 1 fully saturated rings. The third-order valence-electron chi connectivity index (χ3n) is 1.49. The number of aliphatic hydroxyl groups is 1. The molecule has 0 aromatic heterocycles. The van der Waals surface area contributed by atoms with Crippen molar-refractivity contribution in [1.29, 1.82) is 0 Å². The third-order valence-corrected chi connectivity index (χ3v) is 1.49. The Morgan fingerprint density at radius 2 is 2.50 bits per heavy atom. The maximum absolute atomic E-state index is 11.9. The molecular formula is C5H10FNO. The molecule has 0 aromatic carbocycles. The summed E-state index contributed by atoms with van der Waals surface area (Å²) >= 11 is 0. The minimum atomic E-state index is -1.62. The first-order valence-corrected chi connectivity index (χ1v) is 2.83. The smallest absolute Gasteiger partial charge is 0.200 e. The lowest BCUT2D eigenvalue weighted by atomic mass is 10.1. The van der Waals surface area contributed by atoms with Gasteiger partial charge in [0.1, 0.15) is 0 Å². The Morgan fingerprint density at radius 3 is 2.75 bits per heavy atom. The fourth-order valence-corrected chi connectivity index (χ4v) is 0.912. The quantitative estimate of drug-likeness (QED) is 0.504. The first-order chi connectivity index (χ1) is 3.80. The van der Waals surface area contributed by atoms with E-state index in [4.69, 9.17) is 5.11 Å². The van der Waals surface area contributed by atoms with Gasteiger partial charge in [-0.2, -0.15) is 0 Å². The van der Waals surface area contributed by atoms with E-state index < -0.39 is 6.36 Å². The summed E-state index contributed by atoms with van der Waals surface area (Å²) in [4.78, 5) is 0. The van der Waals surface area contributed by atoms with Gasteiger partial charge in [0.25, 0.3) is 0 Å². The van der Waals surface area contributed by atoms with Crippen molar-refractivity contribution in [2.75, 3.05) is 13.1 Å². The fourth-order valence-electron chi connectivity index (χ4n) is 0.912.